The van der Waals surface area contributed by atoms with Gasteiger partial charge in [0.25, 0.3) is 0 Å². The predicted octanol–water partition coefficient (Wildman–Crippen LogP) is 2.36. The van der Waals surface area contributed by atoms with Crippen molar-refractivity contribution in [2.45, 2.75) is 13.8 Å². The lowest BCUT2D eigenvalue weighted by molar-refractivity contribution is 1.19. The topological polar surface area (TPSA) is 12.9 Å². The van der Waals surface area contributed by atoms with Crippen molar-refractivity contribution in [2.75, 3.05) is 0 Å². The molecule has 0 spiro atoms. The van der Waals surface area contributed by atoms with Crippen molar-refractivity contribution in [1.82, 2.24) is 4.98 Å². The first-order valence-corrected chi connectivity index (χ1v) is 4.19. The Kier molecular flexibility index (Phi) is 1.87. The second kappa shape index (κ2) is 2.31. The molecule has 0 bridgehead atoms. The van der Waals surface area contributed by atoms with E-state index in [9.17, 15) is 0 Å². The Bertz CT molecular complexity index is 175. The molecule has 8 heavy (non-hydrogen) atoms. The summed E-state index contributed by atoms with van der Waals surface area (Å²) in [5.74, 6) is 0. The largest absolute Gasteiger partial charge is 0.246 e. The quantitative estimate of drug-likeness (QED) is 0.633. The van der Waals surface area contributed by atoms with Gasteiger partial charge in [0.1, 0.15) is 0 Å². The van der Waals surface area contributed by atoms with Crippen molar-refractivity contribution in [3.8, 4) is 0 Å². The molecule has 1 aromatic rings. The third kappa shape index (κ3) is 1.20. The normalized spacial score (nSPS) is 9.88. The molecule has 0 unspecified atom stereocenters. The Morgan fingerprint density at radius 1 is 1.50 bits per heavy atom. The van der Waals surface area contributed by atoms with Gasteiger partial charge in [-0.15, -0.1) is 11.3 Å². The second-order valence-corrected chi connectivity index (χ2v) is 4.61. The van der Waals surface area contributed by atoms with E-state index in [4.69, 9.17) is 0 Å². The van der Waals surface area contributed by atoms with Crippen molar-refractivity contribution in [3.63, 3.8) is 0 Å². The number of halogens is 1. The molecule has 1 rings (SSSR count). The monoisotopic (exact) mass is 239 g/mol. The summed E-state index contributed by atoms with van der Waals surface area (Å²) in [5, 5.41) is 1.16. The van der Waals surface area contributed by atoms with Crippen LogP contribution in [0.5, 0.6) is 0 Å². The van der Waals surface area contributed by atoms with Gasteiger partial charge in [0.15, 0.2) is 0 Å². The van der Waals surface area contributed by atoms with Gasteiger partial charge < -0.3 is 0 Å². The Balaban J connectivity index is 3.14. The van der Waals surface area contributed by atoms with Gasteiger partial charge in [0, 0.05) is 0 Å². The molecule has 0 saturated carbocycles. The van der Waals surface area contributed by atoms with E-state index in [1.807, 2.05) is 13.8 Å². The Labute approximate surface area is 66.3 Å². The van der Waals surface area contributed by atoms with Crippen LogP contribution in [-0.2, 0) is 0 Å². The van der Waals surface area contributed by atoms with E-state index in [0.29, 0.717) is 0 Å². The van der Waals surface area contributed by atoms with Crippen LogP contribution in [0.3, 0.4) is 0 Å². The summed E-state index contributed by atoms with van der Waals surface area (Å²) < 4.78 is 1.31. The molecule has 1 aromatic heterocycles. The van der Waals surface area contributed by atoms with Gasteiger partial charge in [0.2, 0.25) is 0 Å². The first-order chi connectivity index (χ1) is 3.70. The van der Waals surface area contributed by atoms with Gasteiger partial charge in [-0.1, -0.05) is 0 Å². The summed E-state index contributed by atoms with van der Waals surface area (Å²) in [6.45, 7) is 4.06. The van der Waals surface area contributed by atoms with E-state index in [1.165, 1.54) is 2.88 Å². The van der Waals surface area contributed by atoms with E-state index in [0.717, 1.165) is 10.7 Å². The van der Waals surface area contributed by atoms with E-state index in [2.05, 4.69) is 27.6 Å². The molecule has 1 heterocycles. The molecule has 0 fully saturated rings. The molecule has 0 aliphatic rings. The zero-order chi connectivity index (χ0) is 6.15. The number of hydrogen-bond acceptors (Lipinski definition) is 2. The highest BCUT2D eigenvalue weighted by Crippen LogP contribution is 2.18. The van der Waals surface area contributed by atoms with Crippen LogP contribution in [0.2, 0.25) is 0 Å². The fourth-order valence-electron chi connectivity index (χ4n) is 0.506. The summed E-state index contributed by atoms with van der Waals surface area (Å²) in [5.41, 5.74) is 1.16. The lowest BCUT2D eigenvalue weighted by Gasteiger charge is -1.75. The lowest BCUT2D eigenvalue weighted by Crippen LogP contribution is -1.70. The van der Waals surface area contributed by atoms with Crippen molar-refractivity contribution in [1.29, 1.82) is 0 Å². The molecular formula is C5H6INS. The minimum atomic E-state index is 1.16. The Morgan fingerprint density at radius 3 is 2.25 bits per heavy atom. The molecule has 3 heteroatoms. The maximum Gasteiger partial charge on any atom is 0.0908 e. The van der Waals surface area contributed by atoms with Crippen molar-refractivity contribution < 1.29 is 0 Å². The average Bonchev–Trinajstić information content (AvgIpc) is 1.85. The summed E-state index contributed by atoms with van der Waals surface area (Å²) >= 11 is 4.05. The lowest BCUT2D eigenvalue weighted by atomic mass is 10.6. The minimum Gasteiger partial charge on any atom is -0.246 e. The standard InChI is InChI=1S/C5H6INS/c1-3-5(6)8-4(2)7-3/h1-2H3. The van der Waals surface area contributed by atoms with Gasteiger partial charge >= 0.3 is 0 Å². The SMILES string of the molecule is Cc1nc(C)c(I)s1. The molecule has 0 N–H and O–H groups in total. The molecule has 0 aromatic carbocycles. The van der Waals surface area contributed by atoms with Crippen LogP contribution >= 0.6 is 33.9 Å². The highest BCUT2D eigenvalue weighted by Gasteiger charge is 1.97. The summed E-state index contributed by atoms with van der Waals surface area (Å²) in [6.07, 6.45) is 0. The van der Waals surface area contributed by atoms with Crippen molar-refractivity contribution >= 4 is 33.9 Å². The van der Waals surface area contributed by atoms with Crippen LogP contribution in [0.1, 0.15) is 10.7 Å². The second-order valence-electron chi connectivity index (χ2n) is 1.59. The molecule has 0 atom stereocenters. The summed E-state index contributed by atoms with van der Waals surface area (Å²) in [6, 6.07) is 0. The van der Waals surface area contributed by atoms with Gasteiger partial charge in [-0.2, -0.15) is 0 Å². The van der Waals surface area contributed by atoms with E-state index < -0.39 is 0 Å². The molecule has 0 aliphatic carbocycles. The fraction of sp³-hybridized carbons (Fsp3) is 0.400. The summed E-state index contributed by atoms with van der Waals surface area (Å²) in [7, 11) is 0. The maximum atomic E-state index is 4.22. The van der Waals surface area contributed by atoms with Gasteiger partial charge in [-0.05, 0) is 36.4 Å². The van der Waals surface area contributed by atoms with Crippen LogP contribution in [0.25, 0.3) is 0 Å². The highest BCUT2D eigenvalue weighted by molar-refractivity contribution is 14.1. The Hall–Kier alpha value is 0.360. The number of thiazole rings is 1. The molecule has 0 amide bonds. The number of nitrogens with zero attached hydrogens (tertiary/aromatic N) is 1. The third-order valence-corrected chi connectivity index (χ3v) is 3.15. The molecule has 0 radical (unpaired) electrons. The third-order valence-electron chi connectivity index (χ3n) is 0.847. The average molecular weight is 239 g/mol. The van der Waals surface area contributed by atoms with Crippen LogP contribution in [0.4, 0.5) is 0 Å². The zero-order valence-electron chi connectivity index (χ0n) is 4.73. The van der Waals surface area contributed by atoms with Crippen molar-refractivity contribution in [3.05, 3.63) is 13.6 Å². The van der Waals surface area contributed by atoms with E-state index in [1.54, 1.807) is 11.3 Å². The van der Waals surface area contributed by atoms with E-state index in [-0.39, 0.29) is 0 Å². The molecule has 44 valence electrons. The molecule has 0 aliphatic heterocycles. The highest BCUT2D eigenvalue weighted by atomic mass is 127. The fourth-order valence-corrected chi connectivity index (χ4v) is 2.22. The van der Waals surface area contributed by atoms with Gasteiger partial charge in [-0.3, -0.25) is 0 Å². The van der Waals surface area contributed by atoms with Crippen LogP contribution in [0, 0.1) is 16.7 Å². The van der Waals surface area contributed by atoms with Gasteiger partial charge in [0.05, 0.1) is 13.6 Å². The van der Waals surface area contributed by atoms with Gasteiger partial charge in [-0.25, -0.2) is 4.98 Å². The maximum absolute atomic E-state index is 4.22. The molecular weight excluding hydrogens is 233 g/mol. The Morgan fingerprint density at radius 2 is 2.12 bits per heavy atom. The van der Waals surface area contributed by atoms with E-state index >= 15 is 0 Å². The number of aryl methyl sites for hydroxylation is 2. The number of hydrogen-bond donors (Lipinski definition) is 0. The minimum absolute atomic E-state index is 1.16. The molecule has 0 saturated heterocycles. The summed E-state index contributed by atoms with van der Waals surface area (Å²) in [4.78, 5) is 4.22. The smallest absolute Gasteiger partial charge is 0.0908 e. The number of rotatable bonds is 0. The first-order valence-electron chi connectivity index (χ1n) is 2.29. The van der Waals surface area contributed by atoms with Crippen LogP contribution in [-0.4, -0.2) is 4.98 Å². The first kappa shape index (κ1) is 6.48. The predicted molar refractivity (Wildman–Crippen MR) is 44.3 cm³/mol. The van der Waals surface area contributed by atoms with Crippen LogP contribution in [0.15, 0.2) is 0 Å². The van der Waals surface area contributed by atoms with Crippen molar-refractivity contribution in [2.24, 2.45) is 0 Å². The number of aromatic nitrogens is 1. The van der Waals surface area contributed by atoms with Crippen LogP contribution < -0.4 is 0 Å². The molecule has 1 nitrogen and oxygen atoms in total. The zero-order valence-corrected chi connectivity index (χ0v) is 7.71.